The first-order valence-corrected chi connectivity index (χ1v) is 5.41. The number of ether oxygens (including phenoxy) is 2. The van der Waals surface area contributed by atoms with Crippen molar-refractivity contribution in [1.29, 1.82) is 0 Å². The van der Waals surface area contributed by atoms with Crippen LogP contribution in [0, 0.1) is 0 Å². The van der Waals surface area contributed by atoms with Crippen LogP contribution in [0.1, 0.15) is 24.8 Å². The lowest BCUT2D eigenvalue weighted by Crippen LogP contribution is -2.14. The summed E-state index contributed by atoms with van der Waals surface area (Å²) in [6.45, 7) is 0. The molecule has 5 heteroatoms. The van der Waals surface area contributed by atoms with Crippen LogP contribution in [0.4, 0.5) is 0 Å². The van der Waals surface area contributed by atoms with Crippen LogP contribution in [-0.2, 0) is 10.2 Å². The second-order valence-electron chi connectivity index (χ2n) is 4.28. The van der Waals surface area contributed by atoms with Gasteiger partial charge in [0.15, 0.2) is 0 Å². The van der Waals surface area contributed by atoms with Crippen LogP contribution < -0.4 is 9.47 Å². The Kier molecular flexibility index (Phi) is 2.92. The van der Waals surface area contributed by atoms with E-state index in [0.717, 1.165) is 18.4 Å². The highest BCUT2D eigenvalue weighted by Gasteiger charge is 2.48. The van der Waals surface area contributed by atoms with Gasteiger partial charge in [-0.25, -0.2) is 4.98 Å². The number of hydrogen-bond acceptors (Lipinski definition) is 4. The molecule has 1 aromatic heterocycles. The Morgan fingerprint density at radius 1 is 1.47 bits per heavy atom. The molecule has 0 aromatic carbocycles. The molecule has 1 N–H and O–H groups in total. The largest absolute Gasteiger partial charge is 0.495 e. The summed E-state index contributed by atoms with van der Waals surface area (Å²) in [5.74, 6) is 0.322. The molecule has 17 heavy (non-hydrogen) atoms. The fourth-order valence-electron chi connectivity index (χ4n) is 2.09. The van der Waals surface area contributed by atoms with Crippen LogP contribution in [0.2, 0.25) is 0 Å². The Labute approximate surface area is 99.4 Å². The van der Waals surface area contributed by atoms with Gasteiger partial charge in [-0.2, -0.15) is 0 Å². The molecule has 1 heterocycles. The van der Waals surface area contributed by atoms with Crippen molar-refractivity contribution < 1.29 is 19.4 Å². The van der Waals surface area contributed by atoms with Crippen molar-refractivity contribution in [3.05, 3.63) is 17.8 Å². The number of pyridine rings is 1. The molecule has 0 radical (unpaired) electrons. The highest BCUT2D eigenvalue weighted by Crippen LogP contribution is 2.54. The van der Waals surface area contributed by atoms with E-state index in [9.17, 15) is 4.79 Å². The minimum absolute atomic E-state index is 0.122. The van der Waals surface area contributed by atoms with Crippen LogP contribution in [0.15, 0.2) is 12.3 Å². The Balaban J connectivity index is 2.39. The zero-order valence-corrected chi connectivity index (χ0v) is 9.90. The topological polar surface area (TPSA) is 68.7 Å². The molecule has 0 amide bonds. The van der Waals surface area contributed by atoms with E-state index in [1.54, 1.807) is 19.4 Å². The van der Waals surface area contributed by atoms with Crippen LogP contribution in [-0.4, -0.2) is 30.3 Å². The third-order valence-electron chi connectivity index (χ3n) is 3.19. The maximum atomic E-state index is 10.9. The van der Waals surface area contributed by atoms with Crippen molar-refractivity contribution in [2.45, 2.75) is 24.7 Å². The van der Waals surface area contributed by atoms with Gasteiger partial charge in [0.1, 0.15) is 5.75 Å². The molecule has 0 saturated heterocycles. The molecule has 5 nitrogen and oxygen atoms in total. The predicted molar refractivity (Wildman–Crippen MR) is 60.5 cm³/mol. The van der Waals surface area contributed by atoms with Crippen molar-refractivity contribution in [2.24, 2.45) is 0 Å². The smallest absolute Gasteiger partial charge is 0.304 e. The van der Waals surface area contributed by atoms with E-state index < -0.39 is 5.97 Å². The van der Waals surface area contributed by atoms with Gasteiger partial charge in [-0.15, -0.1) is 0 Å². The number of methoxy groups -OCH3 is 2. The van der Waals surface area contributed by atoms with Gasteiger partial charge in [0.2, 0.25) is 5.88 Å². The molecule has 92 valence electrons. The first-order valence-electron chi connectivity index (χ1n) is 5.41. The Bertz CT molecular complexity index is 440. The molecule has 0 bridgehead atoms. The molecule has 1 fully saturated rings. The van der Waals surface area contributed by atoms with E-state index in [2.05, 4.69) is 4.98 Å². The Morgan fingerprint density at radius 2 is 2.18 bits per heavy atom. The highest BCUT2D eigenvalue weighted by atomic mass is 16.5. The van der Waals surface area contributed by atoms with Crippen LogP contribution >= 0.6 is 0 Å². The SMILES string of the molecule is COc1cc(C2(CC(=O)O)CC2)c(OC)cn1. The summed E-state index contributed by atoms with van der Waals surface area (Å²) in [5.41, 5.74) is 0.585. The summed E-state index contributed by atoms with van der Waals surface area (Å²) >= 11 is 0. The number of aromatic nitrogens is 1. The van der Waals surface area contributed by atoms with Gasteiger partial charge in [0, 0.05) is 17.0 Å². The van der Waals surface area contributed by atoms with E-state index in [0.29, 0.717) is 11.6 Å². The van der Waals surface area contributed by atoms with Gasteiger partial charge < -0.3 is 14.6 Å². The first-order chi connectivity index (χ1) is 8.11. The van der Waals surface area contributed by atoms with E-state index in [4.69, 9.17) is 14.6 Å². The number of carboxylic acid groups (broad SMARTS) is 1. The molecular formula is C12H15NO4. The standard InChI is InChI=1S/C12H15NO4/c1-16-9-7-13-10(17-2)5-8(9)12(3-4-12)6-11(14)15/h5,7H,3-4,6H2,1-2H3,(H,14,15). The quantitative estimate of drug-likeness (QED) is 0.842. The van der Waals surface area contributed by atoms with E-state index in [1.807, 2.05) is 0 Å². The number of carbonyl (C=O) groups is 1. The molecule has 1 aliphatic rings. The predicted octanol–water partition coefficient (Wildman–Crippen LogP) is 1.61. The van der Waals surface area contributed by atoms with Crippen LogP contribution in [0.3, 0.4) is 0 Å². The maximum Gasteiger partial charge on any atom is 0.304 e. The molecule has 1 saturated carbocycles. The van der Waals surface area contributed by atoms with Gasteiger partial charge in [0.25, 0.3) is 0 Å². The fraction of sp³-hybridized carbons (Fsp3) is 0.500. The first kappa shape index (κ1) is 11.7. The van der Waals surface area contributed by atoms with Gasteiger partial charge in [0.05, 0.1) is 26.8 Å². The summed E-state index contributed by atoms with van der Waals surface area (Å²) in [7, 11) is 3.10. The second kappa shape index (κ2) is 4.24. The second-order valence-corrected chi connectivity index (χ2v) is 4.28. The highest BCUT2D eigenvalue weighted by molar-refractivity contribution is 5.70. The van der Waals surface area contributed by atoms with Gasteiger partial charge >= 0.3 is 5.97 Å². The minimum atomic E-state index is -0.791. The van der Waals surface area contributed by atoms with Gasteiger partial charge in [-0.05, 0) is 12.8 Å². The average Bonchev–Trinajstić information content (AvgIpc) is 3.08. The molecule has 2 rings (SSSR count). The van der Waals surface area contributed by atoms with Crippen LogP contribution in [0.5, 0.6) is 11.6 Å². The van der Waals surface area contributed by atoms with E-state index >= 15 is 0 Å². The summed E-state index contributed by atoms with van der Waals surface area (Å²) in [5, 5.41) is 8.95. The van der Waals surface area contributed by atoms with Gasteiger partial charge in [-0.3, -0.25) is 4.79 Å². The normalized spacial score (nSPS) is 16.4. The molecule has 0 unspecified atom stereocenters. The van der Waals surface area contributed by atoms with Crippen molar-refractivity contribution >= 4 is 5.97 Å². The Hall–Kier alpha value is -1.78. The number of carboxylic acids is 1. The third-order valence-corrected chi connectivity index (χ3v) is 3.19. The molecule has 0 aliphatic heterocycles. The van der Waals surface area contributed by atoms with E-state index in [1.165, 1.54) is 7.11 Å². The van der Waals surface area contributed by atoms with Crippen molar-refractivity contribution in [3.8, 4) is 11.6 Å². The fourth-order valence-corrected chi connectivity index (χ4v) is 2.09. The number of hydrogen-bond donors (Lipinski definition) is 1. The zero-order chi connectivity index (χ0) is 12.5. The Morgan fingerprint density at radius 3 is 2.65 bits per heavy atom. The maximum absolute atomic E-state index is 10.9. The molecule has 0 spiro atoms. The third kappa shape index (κ3) is 2.18. The lowest BCUT2D eigenvalue weighted by Gasteiger charge is -2.17. The molecule has 1 aromatic rings. The monoisotopic (exact) mass is 237 g/mol. The lowest BCUT2D eigenvalue weighted by molar-refractivity contribution is -0.137. The zero-order valence-electron chi connectivity index (χ0n) is 9.90. The summed E-state index contributed by atoms with van der Waals surface area (Å²) < 4.78 is 10.3. The van der Waals surface area contributed by atoms with E-state index in [-0.39, 0.29) is 11.8 Å². The number of rotatable bonds is 5. The summed E-state index contributed by atoms with van der Waals surface area (Å²) in [4.78, 5) is 14.9. The minimum Gasteiger partial charge on any atom is -0.495 e. The average molecular weight is 237 g/mol. The lowest BCUT2D eigenvalue weighted by atomic mass is 9.92. The summed E-state index contributed by atoms with van der Waals surface area (Å²) in [6, 6.07) is 1.77. The van der Waals surface area contributed by atoms with Gasteiger partial charge in [-0.1, -0.05) is 0 Å². The molecule has 1 aliphatic carbocycles. The summed E-state index contributed by atoms with van der Waals surface area (Å²) in [6.07, 6.45) is 3.43. The molecule has 0 atom stereocenters. The van der Waals surface area contributed by atoms with Crippen molar-refractivity contribution in [3.63, 3.8) is 0 Å². The number of nitrogens with zero attached hydrogens (tertiary/aromatic N) is 1. The van der Waals surface area contributed by atoms with Crippen molar-refractivity contribution in [2.75, 3.05) is 14.2 Å². The molecular weight excluding hydrogens is 222 g/mol. The van der Waals surface area contributed by atoms with Crippen LogP contribution in [0.25, 0.3) is 0 Å². The number of aliphatic carboxylic acids is 1. The van der Waals surface area contributed by atoms with Crippen molar-refractivity contribution in [1.82, 2.24) is 4.98 Å².